The first-order valence-electron chi connectivity index (χ1n) is 8.16. The number of methoxy groups -OCH3 is 2. The van der Waals surface area contributed by atoms with E-state index in [4.69, 9.17) is 4.74 Å². The standard InChI is InChI=1S/C16H31N3O3/c1-17-15(18-11-5-4-7-14(20)22-3)19-13-16(8-6-9-16)10-12-21-2/h4-13H2,1-3H3,(H2,17,18,19). The number of hydrogen-bond acceptors (Lipinski definition) is 4. The fourth-order valence-corrected chi connectivity index (χ4v) is 2.71. The number of rotatable bonds is 10. The van der Waals surface area contributed by atoms with Gasteiger partial charge in [0.05, 0.1) is 7.11 Å². The largest absolute Gasteiger partial charge is 0.469 e. The minimum absolute atomic E-state index is 0.146. The van der Waals surface area contributed by atoms with Crippen molar-refractivity contribution in [3.05, 3.63) is 0 Å². The first kappa shape index (κ1) is 18.7. The molecule has 0 aromatic rings. The smallest absolute Gasteiger partial charge is 0.305 e. The van der Waals surface area contributed by atoms with Gasteiger partial charge in [0.25, 0.3) is 0 Å². The van der Waals surface area contributed by atoms with E-state index >= 15 is 0 Å². The molecule has 0 bridgehead atoms. The van der Waals surface area contributed by atoms with Crippen LogP contribution in [-0.2, 0) is 14.3 Å². The Morgan fingerprint density at radius 1 is 1.23 bits per heavy atom. The molecule has 0 heterocycles. The fraction of sp³-hybridized carbons (Fsp3) is 0.875. The second kappa shape index (κ2) is 10.4. The number of ether oxygens (including phenoxy) is 2. The average molecular weight is 313 g/mol. The number of hydrogen-bond donors (Lipinski definition) is 2. The topological polar surface area (TPSA) is 72.0 Å². The summed E-state index contributed by atoms with van der Waals surface area (Å²) in [5.74, 6) is 0.689. The summed E-state index contributed by atoms with van der Waals surface area (Å²) in [7, 11) is 4.97. The molecule has 0 amide bonds. The molecule has 1 aliphatic rings. The average Bonchev–Trinajstić information content (AvgIpc) is 2.50. The van der Waals surface area contributed by atoms with Gasteiger partial charge in [0, 0.05) is 40.3 Å². The predicted molar refractivity (Wildman–Crippen MR) is 88.0 cm³/mol. The zero-order chi connectivity index (χ0) is 16.3. The van der Waals surface area contributed by atoms with E-state index in [-0.39, 0.29) is 5.97 Å². The molecule has 0 aromatic carbocycles. The Morgan fingerprint density at radius 2 is 2.00 bits per heavy atom. The molecule has 0 aromatic heterocycles. The quantitative estimate of drug-likeness (QED) is 0.278. The van der Waals surface area contributed by atoms with E-state index in [0.717, 1.165) is 44.9 Å². The lowest BCUT2D eigenvalue weighted by Gasteiger charge is -2.42. The van der Waals surface area contributed by atoms with Gasteiger partial charge in [-0.2, -0.15) is 0 Å². The molecule has 22 heavy (non-hydrogen) atoms. The highest BCUT2D eigenvalue weighted by Crippen LogP contribution is 2.43. The van der Waals surface area contributed by atoms with Crippen LogP contribution in [0.5, 0.6) is 0 Å². The van der Waals surface area contributed by atoms with Crippen LogP contribution < -0.4 is 10.6 Å². The molecule has 0 unspecified atom stereocenters. The molecule has 1 saturated carbocycles. The van der Waals surface area contributed by atoms with E-state index in [2.05, 4.69) is 20.4 Å². The SMILES string of the molecule is CN=C(NCCCCC(=O)OC)NCC1(CCOC)CCC1. The van der Waals surface area contributed by atoms with Crippen LogP contribution in [-0.4, -0.2) is 52.9 Å². The summed E-state index contributed by atoms with van der Waals surface area (Å²) >= 11 is 0. The summed E-state index contributed by atoms with van der Waals surface area (Å²) in [6, 6.07) is 0. The van der Waals surface area contributed by atoms with Crippen LogP contribution in [0.4, 0.5) is 0 Å². The van der Waals surface area contributed by atoms with Gasteiger partial charge in [0.15, 0.2) is 5.96 Å². The lowest BCUT2D eigenvalue weighted by atomic mass is 9.67. The highest BCUT2D eigenvalue weighted by atomic mass is 16.5. The Balaban J connectivity index is 2.18. The number of guanidine groups is 1. The van der Waals surface area contributed by atoms with E-state index in [1.165, 1.54) is 26.4 Å². The number of carbonyl (C=O) groups is 1. The Labute approximate surface area is 134 Å². The molecular formula is C16H31N3O3. The van der Waals surface area contributed by atoms with E-state index in [0.29, 0.717) is 11.8 Å². The fourth-order valence-electron chi connectivity index (χ4n) is 2.71. The van der Waals surface area contributed by atoms with Crippen LogP contribution in [0.25, 0.3) is 0 Å². The van der Waals surface area contributed by atoms with Crippen molar-refractivity contribution in [2.75, 3.05) is 41.0 Å². The van der Waals surface area contributed by atoms with Gasteiger partial charge in [0.2, 0.25) is 0 Å². The highest BCUT2D eigenvalue weighted by Gasteiger charge is 2.36. The van der Waals surface area contributed by atoms with Crippen LogP contribution in [0.3, 0.4) is 0 Å². The van der Waals surface area contributed by atoms with Crippen LogP contribution in [0.15, 0.2) is 4.99 Å². The number of unbranched alkanes of at least 4 members (excludes halogenated alkanes) is 1. The van der Waals surface area contributed by atoms with Gasteiger partial charge < -0.3 is 20.1 Å². The third-order valence-corrected chi connectivity index (χ3v) is 4.43. The molecule has 0 radical (unpaired) electrons. The van der Waals surface area contributed by atoms with Crippen molar-refractivity contribution in [1.82, 2.24) is 10.6 Å². The number of aliphatic imine (C=N–C) groups is 1. The van der Waals surface area contributed by atoms with Crippen LogP contribution in [0, 0.1) is 5.41 Å². The Hall–Kier alpha value is -1.30. The summed E-state index contributed by atoms with van der Waals surface area (Å²) in [6.45, 7) is 2.57. The van der Waals surface area contributed by atoms with Gasteiger partial charge in [0.1, 0.15) is 0 Å². The number of esters is 1. The third-order valence-electron chi connectivity index (χ3n) is 4.43. The molecule has 128 valence electrons. The van der Waals surface area contributed by atoms with Gasteiger partial charge in [-0.3, -0.25) is 9.79 Å². The zero-order valence-corrected chi connectivity index (χ0v) is 14.2. The maximum Gasteiger partial charge on any atom is 0.305 e. The lowest BCUT2D eigenvalue weighted by molar-refractivity contribution is -0.140. The minimum atomic E-state index is -0.146. The van der Waals surface area contributed by atoms with Crippen molar-refractivity contribution in [2.45, 2.75) is 44.9 Å². The van der Waals surface area contributed by atoms with Crippen molar-refractivity contribution >= 4 is 11.9 Å². The summed E-state index contributed by atoms with van der Waals surface area (Å²) in [5, 5.41) is 6.72. The van der Waals surface area contributed by atoms with Crippen LogP contribution in [0.1, 0.15) is 44.9 Å². The van der Waals surface area contributed by atoms with Gasteiger partial charge in [-0.05, 0) is 37.5 Å². The first-order chi connectivity index (χ1) is 10.7. The second-order valence-electron chi connectivity index (χ2n) is 5.98. The number of nitrogens with one attached hydrogen (secondary N) is 2. The molecule has 0 atom stereocenters. The van der Waals surface area contributed by atoms with E-state index < -0.39 is 0 Å². The molecule has 0 aliphatic heterocycles. The molecular weight excluding hydrogens is 282 g/mol. The maximum atomic E-state index is 11.0. The highest BCUT2D eigenvalue weighted by molar-refractivity contribution is 5.79. The summed E-state index contributed by atoms with van der Waals surface area (Å²) in [5.41, 5.74) is 0.374. The zero-order valence-electron chi connectivity index (χ0n) is 14.2. The molecule has 6 heteroatoms. The van der Waals surface area contributed by atoms with Crippen molar-refractivity contribution in [3.63, 3.8) is 0 Å². The second-order valence-corrected chi connectivity index (χ2v) is 5.98. The maximum absolute atomic E-state index is 11.0. The van der Waals surface area contributed by atoms with Gasteiger partial charge in [-0.25, -0.2) is 0 Å². The molecule has 1 fully saturated rings. The van der Waals surface area contributed by atoms with Crippen molar-refractivity contribution in [3.8, 4) is 0 Å². The van der Waals surface area contributed by atoms with Crippen molar-refractivity contribution in [1.29, 1.82) is 0 Å². The number of nitrogens with zero attached hydrogens (tertiary/aromatic N) is 1. The Kier molecular flexibility index (Phi) is 8.89. The summed E-state index contributed by atoms with van der Waals surface area (Å²) < 4.78 is 9.84. The third kappa shape index (κ3) is 6.64. The van der Waals surface area contributed by atoms with Gasteiger partial charge >= 0.3 is 5.97 Å². The minimum Gasteiger partial charge on any atom is -0.469 e. The van der Waals surface area contributed by atoms with E-state index in [1.807, 2.05) is 0 Å². The molecule has 0 saturated heterocycles. The van der Waals surface area contributed by atoms with Gasteiger partial charge in [-0.1, -0.05) is 6.42 Å². The predicted octanol–water partition coefficient (Wildman–Crippen LogP) is 1.70. The van der Waals surface area contributed by atoms with Crippen molar-refractivity contribution < 1.29 is 14.3 Å². The molecule has 1 aliphatic carbocycles. The van der Waals surface area contributed by atoms with Crippen molar-refractivity contribution in [2.24, 2.45) is 10.4 Å². The summed E-state index contributed by atoms with van der Waals surface area (Å²) in [4.78, 5) is 15.3. The molecule has 6 nitrogen and oxygen atoms in total. The summed E-state index contributed by atoms with van der Waals surface area (Å²) in [6.07, 6.45) is 7.17. The Bertz CT molecular complexity index is 355. The lowest BCUT2D eigenvalue weighted by Crippen LogP contribution is -2.47. The monoisotopic (exact) mass is 313 g/mol. The number of carbonyl (C=O) groups excluding carboxylic acids is 1. The Morgan fingerprint density at radius 3 is 2.55 bits per heavy atom. The molecule has 1 rings (SSSR count). The molecule has 2 N–H and O–H groups in total. The molecule has 0 spiro atoms. The van der Waals surface area contributed by atoms with E-state index in [9.17, 15) is 4.79 Å². The van der Waals surface area contributed by atoms with Crippen LogP contribution in [0.2, 0.25) is 0 Å². The normalized spacial score (nSPS) is 16.8. The van der Waals surface area contributed by atoms with Gasteiger partial charge in [-0.15, -0.1) is 0 Å². The van der Waals surface area contributed by atoms with Crippen LogP contribution >= 0.6 is 0 Å². The first-order valence-corrected chi connectivity index (χ1v) is 8.16. The van der Waals surface area contributed by atoms with E-state index in [1.54, 1.807) is 14.2 Å².